The number of carbonyl (C=O) groups is 1. The summed E-state index contributed by atoms with van der Waals surface area (Å²) in [5.41, 5.74) is 4.56. The molecular formula is C35H39N5O2Si. The van der Waals surface area contributed by atoms with E-state index in [2.05, 4.69) is 62.7 Å². The summed E-state index contributed by atoms with van der Waals surface area (Å²) >= 11 is 0. The van der Waals surface area contributed by atoms with Crippen molar-refractivity contribution >= 4 is 36.5 Å². The number of pyridine rings is 1. The van der Waals surface area contributed by atoms with Gasteiger partial charge in [-0.15, -0.1) is 0 Å². The summed E-state index contributed by atoms with van der Waals surface area (Å²) < 4.78 is 8.65. The predicted molar refractivity (Wildman–Crippen MR) is 176 cm³/mol. The molecule has 0 radical (unpaired) electrons. The molecule has 0 spiro atoms. The van der Waals surface area contributed by atoms with E-state index in [4.69, 9.17) is 9.42 Å². The number of aromatic nitrogens is 4. The highest BCUT2D eigenvalue weighted by atomic mass is 28.4. The van der Waals surface area contributed by atoms with E-state index in [1.807, 2.05) is 71.4 Å². The number of benzene rings is 2. The molecule has 0 atom stereocenters. The number of ketones is 1. The third-order valence-electron chi connectivity index (χ3n) is 8.28. The molecule has 2 aromatic carbocycles. The Labute approximate surface area is 254 Å². The molecule has 0 saturated carbocycles. The maximum absolute atomic E-state index is 14.0. The van der Waals surface area contributed by atoms with Gasteiger partial charge < -0.3 is 8.99 Å². The van der Waals surface area contributed by atoms with Gasteiger partial charge in [0.15, 0.2) is 14.1 Å². The molecule has 0 bridgehead atoms. The second-order valence-electron chi connectivity index (χ2n) is 13.0. The maximum atomic E-state index is 14.0. The summed E-state index contributed by atoms with van der Waals surface area (Å²) in [4.78, 5) is 32.2. The quantitative estimate of drug-likeness (QED) is 0.0989. The van der Waals surface area contributed by atoms with Crippen LogP contribution in [0.15, 0.2) is 103 Å². The molecule has 0 unspecified atom stereocenters. The van der Waals surface area contributed by atoms with Gasteiger partial charge in [-0.2, -0.15) is 0 Å². The molecule has 0 aliphatic carbocycles. The van der Waals surface area contributed by atoms with E-state index in [1.165, 1.54) is 6.33 Å². The van der Waals surface area contributed by atoms with Crippen LogP contribution >= 0.6 is 0 Å². The van der Waals surface area contributed by atoms with Gasteiger partial charge in [-0.3, -0.25) is 9.78 Å². The molecule has 0 N–H and O–H groups in total. The van der Waals surface area contributed by atoms with Crippen LogP contribution in [0.2, 0.25) is 18.1 Å². The highest BCUT2D eigenvalue weighted by molar-refractivity contribution is 6.74. The number of hydrogen-bond acceptors (Lipinski definition) is 6. The molecule has 5 aromatic rings. The van der Waals surface area contributed by atoms with Crippen LogP contribution in [0.1, 0.15) is 61.7 Å². The minimum Gasteiger partial charge on any atom is -0.414 e. The summed E-state index contributed by atoms with van der Waals surface area (Å²) in [6.45, 7) is 15.9. The third kappa shape index (κ3) is 6.40. The second kappa shape index (κ2) is 11.8. The van der Waals surface area contributed by atoms with E-state index < -0.39 is 13.9 Å². The molecule has 7 nitrogen and oxygen atoms in total. The van der Waals surface area contributed by atoms with Gasteiger partial charge in [0.1, 0.15) is 12.0 Å². The summed E-state index contributed by atoms with van der Waals surface area (Å²) in [7, 11) is -1.99. The Bertz CT molecular complexity index is 1730. The minimum absolute atomic E-state index is 0.0898. The number of aliphatic imine (C=N–C) groups is 1. The van der Waals surface area contributed by atoms with Crippen LogP contribution in [0.4, 0.5) is 5.69 Å². The Balaban J connectivity index is 1.52. The van der Waals surface area contributed by atoms with Gasteiger partial charge in [0, 0.05) is 40.7 Å². The molecule has 0 aliphatic rings. The standard InChI is InChI=1S/C35H39N5O2Si/c1-34(2,3)43(6,7)42-23-35(4,5)40-22-30(29-21-37-24-38-33(29)40)32(41)27-18-28(20-36-19-27)39-31(25-14-10-8-11-15-25)26-16-12-9-13-17-26/h8-22,24H,23H2,1-7H3. The van der Waals surface area contributed by atoms with E-state index in [0.29, 0.717) is 34.5 Å². The monoisotopic (exact) mass is 589 g/mol. The second-order valence-corrected chi connectivity index (χ2v) is 17.8. The smallest absolute Gasteiger partial charge is 0.196 e. The summed E-state index contributed by atoms with van der Waals surface area (Å²) in [6, 6.07) is 21.8. The van der Waals surface area contributed by atoms with Gasteiger partial charge in [-0.05, 0) is 38.0 Å². The normalized spacial score (nSPS) is 12.3. The van der Waals surface area contributed by atoms with E-state index in [0.717, 1.165) is 16.8 Å². The average molecular weight is 590 g/mol. The summed E-state index contributed by atoms with van der Waals surface area (Å²) in [5.74, 6) is -0.162. The van der Waals surface area contributed by atoms with Crippen LogP contribution in [0.5, 0.6) is 0 Å². The molecule has 0 fully saturated rings. The van der Waals surface area contributed by atoms with Gasteiger partial charge in [0.2, 0.25) is 0 Å². The lowest BCUT2D eigenvalue weighted by Gasteiger charge is -2.39. The van der Waals surface area contributed by atoms with Crippen molar-refractivity contribution in [3.8, 4) is 0 Å². The fourth-order valence-corrected chi connectivity index (χ4v) is 5.78. The Morgan fingerprint density at radius 2 is 1.49 bits per heavy atom. The van der Waals surface area contributed by atoms with E-state index in [-0.39, 0.29) is 10.8 Å². The summed E-state index contributed by atoms with van der Waals surface area (Å²) in [6.07, 6.45) is 8.37. The predicted octanol–water partition coefficient (Wildman–Crippen LogP) is 7.98. The zero-order valence-corrected chi connectivity index (χ0v) is 27.0. The Morgan fingerprint density at radius 3 is 2.09 bits per heavy atom. The number of rotatable bonds is 9. The van der Waals surface area contributed by atoms with Crippen molar-refractivity contribution in [3.63, 3.8) is 0 Å². The highest BCUT2D eigenvalue weighted by Gasteiger charge is 2.39. The number of nitrogens with zero attached hydrogens (tertiary/aromatic N) is 5. The Hall–Kier alpha value is -4.27. The molecule has 0 saturated heterocycles. The molecule has 3 aromatic heterocycles. The van der Waals surface area contributed by atoms with Crippen molar-refractivity contribution in [2.45, 2.75) is 58.3 Å². The lowest BCUT2D eigenvalue weighted by Crippen LogP contribution is -2.45. The maximum Gasteiger partial charge on any atom is 0.196 e. The number of hydrogen-bond donors (Lipinski definition) is 0. The molecule has 43 heavy (non-hydrogen) atoms. The van der Waals surface area contributed by atoms with Crippen LogP contribution < -0.4 is 0 Å². The first-order valence-corrected chi connectivity index (χ1v) is 17.4. The Morgan fingerprint density at radius 1 is 0.860 bits per heavy atom. The highest BCUT2D eigenvalue weighted by Crippen LogP contribution is 2.38. The zero-order chi connectivity index (χ0) is 30.8. The van der Waals surface area contributed by atoms with Crippen molar-refractivity contribution in [3.05, 3.63) is 120 Å². The fraction of sp³-hybridized carbons (Fsp3) is 0.286. The zero-order valence-electron chi connectivity index (χ0n) is 26.0. The SMILES string of the molecule is CC(C)(CO[Si](C)(C)C(C)(C)C)n1cc(C(=O)c2cncc(N=C(c3ccccc3)c3ccccc3)c2)c2cncnc21. The van der Waals surface area contributed by atoms with Crippen LogP contribution in [0.25, 0.3) is 11.0 Å². The van der Waals surface area contributed by atoms with Gasteiger partial charge in [0.05, 0.1) is 35.3 Å². The molecular weight excluding hydrogens is 551 g/mol. The van der Waals surface area contributed by atoms with Crippen LogP contribution in [0, 0.1) is 0 Å². The van der Waals surface area contributed by atoms with Gasteiger partial charge in [0.25, 0.3) is 0 Å². The van der Waals surface area contributed by atoms with Gasteiger partial charge in [-0.25, -0.2) is 15.0 Å². The molecule has 0 amide bonds. The first-order valence-electron chi connectivity index (χ1n) is 14.5. The minimum atomic E-state index is -1.99. The first kappa shape index (κ1) is 30.2. The fourth-order valence-electron chi connectivity index (χ4n) is 4.64. The Kier molecular flexibility index (Phi) is 8.27. The summed E-state index contributed by atoms with van der Waals surface area (Å²) in [5, 5.41) is 0.781. The van der Waals surface area contributed by atoms with Crippen molar-refractivity contribution in [1.29, 1.82) is 0 Å². The first-order chi connectivity index (χ1) is 20.4. The molecule has 0 aliphatic heterocycles. The lowest BCUT2D eigenvalue weighted by molar-refractivity contribution is 0.103. The number of fused-ring (bicyclic) bond motifs is 1. The van der Waals surface area contributed by atoms with E-state index >= 15 is 0 Å². The molecule has 3 heterocycles. The van der Waals surface area contributed by atoms with E-state index in [9.17, 15) is 4.79 Å². The topological polar surface area (TPSA) is 82.3 Å². The molecule has 8 heteroatoms. The van der Waals surface area contributed by atoms with Crippen LogP contribution in [-0.2, 0) is 9.96 Å². The number of carbonyl (C=O) groups excluding carboxylic acids is 1. The van der Waals surface area contributed by atoms with Crippen molar-refractivity contribution < 1.29 is 9.22 Å². The average Bonchev–Trinajstić information content (AvgIpc) is 3.40. The van der Waals surface area contributed by atoms with Gasteiger partial charge in [-0.1, -0.05) is 81.4 Å². The van der Waals surface area contributed by atoms with Gasteiger partial charge >= 0.3 is 0 Å². The van der Waals surface area contributed by atoms with Crippen LogP contribution in [0.3, 0.4) is 0 Å². The lowest BCUT2D eigenvalue weighted by atomic mass is 10.0. The van der Waals surface area contributed by atoms with Crippen LogP contribution in [-0.4, -0.2) is 45.9 Å². The largest absolute Gasteiger partial charge is 0.414 e. The van der Waals surface area contributed by atoms with Crippen molar-refractivity contribution in [1.82, 2.24) is 19.5 Å². The van der Waals surface area contributed by atoms with E-state index in [1.54, 1.807) is 24.7 Å². The third-order valence-corrected chi connectivity index (χ3v) is 12.8. The van der Waals surface area contributed by atoms with Crippen molar-refractivity contribution in [2.75, 3.05) is 6.61 Å². The molecule has 5 rings (SSSR count). The van der Waals surface area contributed by atoms with Crippen molar-refractivity contribution in [2.24, 2.45) is 4.99 Å². The molecule has 220 valence electrons.